The zero-order valence-electron chi connectivity index (χ0n) is 11.7. The van der Waals surface area contributed by atoms with Gasteiger partial charge in [0.15, 0.2) is 0 Å². The van der Waals surface area contributed by atoms with Gasteiger partial charge in [0, 0.05) is 16.1 Å². The van der Waals surface area contributed by atoms with Crippen molar-refractivity contribution in [1.82, 2.24) is 9.78 Å². The molecule has 0 spiro atoms. The quantitative estimate of drug-likeness (QED) is 0.666. The molecular formula is C16H12BrFN2O2. The Morgan fingerprint density at radius 1 is 1.32 bits per heavy atom. The van der Waals surface area contributed by atoms with Crippen molar-refractivity contribution in [2.75, 3.05) is 7.11 Å². The Hall–Kier alpha value is -2.21. The predicted octanol–water partition coefficient (Wildman–Crippen LogP) is 3.77. The van der Waals surface area contributed by atoms with Crippen molar-refractivity contribution in [1.29, 1.82) is 0 Å². The molecule has 112 valence electrons. The molecule has 0 unspecified atom stereocenters. The average Bonchev–Trinajstić information content (AvgIpc) is 2.92. The van der Waals surface area contributed by atoms with Gasteiger partial charge in [-0.05, 0) is 29.8 Å². The highest BCUT2D eigenvalue weighted by Crippen LogP contribution is 2.25. The Bertz CT molecular complexity index is 843. The lowest BCUT2D eigenvalue weighted by Crippen LogP contribution is -2.01. The second-order valence-electron chi connectivity index (χ2n) is 4.84. The molecule has 0 radical (unpaired) electrons. The minimum atomic E-state index is -0.407. The van der Waals surface area contributed by atoms with E-state index in [1.807, 2.05) is 6.20 Å². The highest BCUT2D eigenvalue weighted by Gasteiger charge is 2.12. The van der Waals surface area contributed by atoms with Gasteiger partial charge in [-0.15, -0.1) is 0 Å². The van der Waals surface area contributed by atoms with Crippen LogP contribution in [0, 0.1) is 5.82 Å². The minimum Gasteiger partial charge on any atom is -0.465 e. The first-order chi connectivity index (χ1) is 10.6. The summed E-state index contributed by atoms with van der Waals surface area (Å²) < 4.78 is 20.2. The number of fused-ring (bicyclic) bond motifs is 1. The van der Waals surface area contributed by atoms with Gasteiger partial charge < -0.3 is 4.74 Å². The van der Waals surface area contributed by atoms with Gasteiger partial charge in [-0.25, -0.2) is 9.18 Å². The maximum absolute atomic E-state index is 12.9. The summed E-state index contributed by atoms with van der Waals surface area (Å²) in [4.78, 5) is 11.6. The first kappa shape index (κ1) is 14.7. The van der Waals surface area contributed by atoms with Gasteiger partial charge in [-0.1, -0.05) is 28.1 Å². The molecule has 0 aliphatic heterocycles. The molecule has 0 aliphatic carbocycles. The second kappa shape index (κ2) is 5.88. The number of hydrogen-bond donors (Lipinski definition) is 0. The number of carbonyl (C=O) groups excluding carboxylic acids is 1. The van der Waals surface area contributed by atoms with Crippen LogP contribution in [-0.2, 0) is 11.3 Å². The van der Waals surface area contributed by atoms with Crippen LogP contribution in [0.15, 0.2) is 47.1 Å². The monoisotopic (exact) mass is 362 g/mol. The third kappa shape index (κ3) is 2.87. The van der Waals surface area contributed by atoms with Gasteiger partial charge in [0.2, 0.25) is 0 Å². The van der Waals surface area contributed by atoms with Crippen molar-refractivity contribution in [2.24, 2.45) is 0 Å². The molecular weight excluding hydrogens is 351 g/mol. The number of hydrogen-bond acceptors (Lipinski definition) is 3. The van der Waals surface area contributed by atoms with Crippen LogP contribution < -0.4 is 0 Å². The molecule has 3 rings (SSSR count). The Labute approximate surface area is 134 Å². The van der Waals surface area contributed by atoms with Crippen molar-refractivity contribution in [3.05, 3.63) is 64.0 Å². The Morgan fingerprint density at radius 3 is 2.73 bits per heavy atom. The molecule has 0 bridgehead atoms. The molecule has 2 aromatic carbocycles. The molecule has 0 saturated carbocycles. The molecule has 0 aliphatic rings. The average molecular weight is 363 g/mol. The number of methoxy groups -OCH3 is 1. The van der Waals surface area contributed by atoms with Gasteiger partial charge in [0.25, 0.3) is 0 Å². The zero-order valence-corrected chi connectivity index (χ0v) is 13.3. The highest BCUT2D eigenvalue weighted by molar-refractivity contribution is 9.10. The van der Waals surface area contributed by atoms with Gasteiger partial charge in [-0.2, -0.15) is 5.10 Å². The number of benzene rings is 2. The molecule has 22 heavy (non-hydrogen) atoms. The Morgan fingerprint density at radius 2 is 2.05 bits per heavy atom. The van der Waals surface area contributed by atoms with Gasteiger partial charge >= 0.3 is 5.97 Å². The molecule has 6 heteroatoms. The molecule has 0 atom stereocenters. The van der Waals surface area contributed by atoms with Crippen molar-refractivity contribution in [3.63, 3.8) is 0 Å². The third-order valence-electron chi connectivity index (χ3n) is 3.30. The molecule has 0 amide bonds. The van der Waals surface area contributed by atoms with E-state index < -0.39 is 5.97 Å². The second-order valence-corrected chi connectivity index (χ2v) is 5.69. The smallest absolute Gasteiger partial charge is 0.337 e. The summed E-state index contributed by atoms with van der Waals surface area (Å²) in [5.74, 6) is -0.671. The highest BCUT2D eigenvalue weighted by atomic mass is 79.9. The van der Waals surface area contributed by atoms with Crippen molar-refractivity contribution in [3.8, 4) is 0 Å². The van der Waals surface area contributed by atoms with Crippen LogP contribution in [0.5, 0.6) is 0 Å². The fourth-order valence-corrected chi connectivity index (χ4v) is 2.78. The maximum atomic E-state index is 12.9. The number of esters is 1. The summed E-state index contributed by atoms with van der Waals surface area (Å²) in [6, 6.07) is 9.67. The first-order valence-electron chi connectivity index (χ1n) is 6.56. The normalized spacial score (nSPS) is 10.9. The summed E-state index contributed by atoms with van der Waals surface area (Å²) in [6.45, 7) is 0.523. The first-order valence-corrected chi connectivity index (χ1v) is 7.35. The van der Waals surface area contributed by atoms with E-state index in [0.717, 1.165) is 15.4 Å². The number of nitrogens with zero attached hydrogens (tertiary/aromatic N) is 2. The summed E-state index contributed by atoms with van der Waals surface area (Å²) >= 11 is 3.44. The lowest BCUT2D eigenvalue weighted by atomic mass is 10.2. The Balaban J connectivity index is 1.97. The number of halogens is 2. The van der Waals surface area contributed by atoms with E-state index in [1.54, 1.807) is 28.9 Å². The van der Waals surface area contributed by atoms with Gasteiger partial charge in [0.1, 0.15) is 5.82 Å². The topological polar surface area (TPSA) is 44.1 Å². The van der Waals surface area contributed by atoms with Crippen LogP contribution in [0.3, 0.4) is 0 Å². The summed E-state index contributed by atoms with van der Waals surface area (Å²) in [5.41, 5.74) is 2.07. The van der Waals surface area contributed by atoms with Crippen LogP contribution in [0.4, 0.5) is 4.39 Å². The van der Waals surface area contributed by atoms with Crippen molar-refractivity contribution >= 4 is 32.8 Å². The lowest BCUT2D eigenvalue weighted by Gasteiger charge is -2.00. The molecule has 0 saturated heterocycles. The predicted molar refractivity (Wildman–Crippen MR) is 84.3 cm³/mol. The van der Waals surface area contributed by atoms with Gasteiger partial charge in [-0.3, -0.25) is 4.68 Å². The lowest BCUT2D eigenvalue weighted by molar-refractivity contribution is 0.0601. The van der Waals surface area contributed by atoms with Crippen LogP contribution in [0.25, 0.3) is 10.9 Å². The zero-order chi connectivity index (χ0) is 15.7. The summed E-state index contributed by atoms with van der Waals surface area (Å²) in [5, 5.41) is 5.35. The molecule has 0 N–H and O–H groups in total. The SMILES string of the molecule is COC(=O)c1cc(Br)c2cn(Cc3ccc(F)cc3)nc2c1. The van der Waals surface area contributed by atoms with Crippen LogP contribution in [0.1, 0.15) is 15.9 Å². The van der Waals surface area contributed by atoms with Crippen molar-refractivity contribution < 1.29 is 13.9 Å². The van der Waals surface area contributed by atoms with E-state index in [2.05, 4.69) is 21.0 Å². The van der Waals surface area contributed by atoms with E-state index in [1.165, 1.54) is 19.2 Å². The Kier molecular flexibility index (Phi) is 3.94. The van der Waals surface area contributed by atoms with Crippen LogP contribution in [-0.4, -0.2) is 22.9 Å². The van der Waals surface area contributed by atoms with E-state index >= 15 is 0 Å². The number of rotatable bonds is 3. The van der Waals surface area contributed by atoms with Gasteiger partial charge in [0.05, 0.1) is 24.7 Å². The largest absolute Gasteiger partial charge is 0.465 e. The van der Waals surface area contributed by atoms with E-state index in [0.29, 0.717) is 17.6 Å². The van der Waals surface area contributed by atoms with E-state index in [-0.39, 0.29) is 5.82 Å². The van der Waals surface area contributed by atoms with E-state index in [9.17, 15) is 9.18 Å². The number of aromatic nitrogens is 2. The standard InChI is InChI=1S/C16H12BrFN2O2/c1-22-16(21)11-6-14(17)13-9-20(19-15(13)7-11)8-10-2-4-12(18)5-3-10/h2-7,9H,8H2,1H3. The summed E-state index contributed by atoms with van der Waals surface area (Å²) in [7, 11) is 1.34. The molecule has 4 nitrogen and oxygen atoms in total. The molecule has 1 heterocycles. The number of carbonyl (C=O) groups is 1. The fourth-order valence-electron chi connectivity index (χ4n) is 2.22. The maximum Gasteiger partial charge on any atom is 0.337 e. The molecule has 3 aromatic rings. The van der Waals surface area contributed by atoms with E-state index in [4.69, 9.17) is 4.74 Å². The summed E-state index contributed by atoms with van der Waals surface area (Å²) in [6.07, 6.45) is 1.88. The van der Waals surface area contributed by atoms with Crippen LogP contribution >= 0.6 is 15.9 Å². The number of ether oxygens (including phenoxy) is 1. The van der Waals surface area contributed by atoms with Crippen molar-refractivity contribution in [2.45, 2.75) is 6.54 Å². The molecule has 1 aromatic heterocycles. The fraction of sp³-hybridized carbons (Fsp3) is 0.125. The van der Waals surface area contributed by atoms with Crippen LogP contribution in [0.2, 0.25) is 0 Å². The third-order valence-corrected chi connectivity index (χ3v) is 3.96. The molecule has 0 fully saturated rings. The minimum absolute atomic E-state index is 0.264.